The minimum atomic E-state index is -0.530. The second-order valence-electron chi connectivity index (χ2n) is 12.6. The van der Waals surface area contributed by atoms with E-state index in [1.165, 1.54) is 0 Å². The Balaban J connectivity index is 1.29. The van der Waals surface area contributed by atoms with Crippen molar-refractivity contribution in [1.29, 1.82) is 0 Å². The highest BCUT2D eigenvalue weighted by atomic mass is 16.5. The van der Waals surface area contributed by atoms with Crippen LogP contribution in [0.3, 0.4) is 0 Å². The fraction of sp³-hybridized carbons (Fsp3) is 0.368. The van der Waals surface area contributed by atoms with Crippen molar-refractivity contribution < 1.29 is 19.1 Å². The molecule has 0 saturated heterocycles. The highest BCUT2D eigenvalue weighted by Crippen LogP contribution is 2.55. The van der Waals surface area contributed by atoms with Crippen molar-refractivity contribution in [1.82, 2.24) is 0 Å². The lowest BCUT2D eigenvalue weighted by Crippen LogP contribution is -2.43. The zero-order valence-corrected chi connectivity index (χ0v) is 24.1. The van der Waals surface area contributed by atoms with E-state index in [2.05, 4.69) is 36.4 Å². The van der Waals surface area contributed by atoms with E-state index in [0.29, 0.717) is 11.5 Å². The SMILES string of the molecule is O=C1OC(c2ccccc2)=CC(c2ccc(C3C=C(c4ccccc4)OC(=O)C34CCCCC4)cc2)C12CCCCC2. The van der Waals surface area contributed by atoms with Gasteiger partial charge in [-0.1, -0.05) is 123 Å². The smallest absolute Gasteiger partial charge is 0.318 e. The standard InChI is InChI=1S/C38H38O4/c39-35-37(21-9-3-10-22-37)31(25-33(41-35)29-13-5-1-6-14-29)27-17-19-28(20-18-27)32-26-34(30-15-7-2-8-16-30)42-36(40)38(32)23-11-4-12-24-38/h1-2,5-8,13-20,25-26,31-32H,3-4,9-12,21-24H2. The van der Waals surface area contributed by atoms with Crippen molar-refractivity contribution in [2.24, 2.45) is 10.8 Å². The van der Waals surface area contributed by atoms with Crippen LogP contribution < -0.4 is 0 Å². The molecule has 2 aliphatic carbocycles. The van der Waals surface area contributed by atoms with E-state index >= 15 is 0 Å². The van der Waals surface area contributed by atoms with E-state index in [9.17, 15) is 9.59 Å². The molecule has 2 atom stereocenters. The summed E-state index contributed by atoms with van der Waals surface area (Å²) in [6, 6.07) is 28.7. The van der Waals surface area contributed by atoms with E-state index in [1.807, 2.05) is 60.7 Å². The topological polar surface area (TPSA) is 52.6 Å². The number of carbonyl (C=O) groups excluding carboxylic acids is 2. The van der Waals surface area contributed by atoms with Crippen LogP contribution in [0.5, 0.6) is 0 Å². The van der Waals surface area contributed by atoms with Crippen LogP contribution >= 0.6 is 0 Å². The van der Waals surface area contributed by atoms with Crippen LogP contribution in [0.4, 0.5) is 0 Å². The summed E-state index contributed by atoms with van der Waals surface area (Å²) in [6.07, 6.45) is 14.2. The summed E-state index contributed by atoms with van der Waals surface area (Å²) in [7, 11) is 0. The van der Waals surface area contributed by atoms with Gasteiger partial charge in [-0.05, 0) is 49.0 Å². The van der Waals surface area contributed by atoms with Crippen molar-refractivity contribution in [3.63, 3.8) is 0 Å². The summed E-state index contributed by atoms with van der Waals surface area (Å²) in [4.78, 5) is 27.5. The molecule has 0 aromatic heterocycles. The number of hydrogen-bond donors (Lipinski definition) is 0. The van der Waals surface area contributed by atoms with Crippen LogP contribution in [-0.2, 0) is 19.1 Å². The number of allylic oxidation sites excluding steroid dienone is 2. The van der Waals surface area contributed by atoms with Gasteiger partial charge in [-0.3, -0.25) is 9.59 Å². The van der Waals surface area contributed by atoms with Crippen molar-refractivity contribution >= 4 is 23.5 Å². The van der Waals surface area contributed by atoms with Crippen molar-refractivity contribution in [2.75, 3.05) is 0 Å². The summed E-state index contributed by atoms with van der Waals surface area (Å²) in [5.74, 6) is 1.00. The van der Waals surface area contributed by atoms with E-state index in [1.54, 1.807) is 0 Å². The Bertz CT molecular complexity index is 1390. The lowest BCUT2D eigenvalue weighted by atomic mass is 9.61. The van der Waals surface area contributed by atoms with E-state index in [4.69, 9.17) is 9.47 Å². The minimum Gasteiger partial charge on any atom is -0.426 e. The number of cyclic esters (lactones) is 2. The molecule has 0 amide bonds. The summed E-state index contributed by atoms with van der Waals surface area (Å²) in [6.45, 7) is 0. The van der Waals surface area contributed by atoms with Crippen LogP contribution in [0.15, 0.2) is 97.1 Å². The molecule has 2 spiro atoms. The normalized spacial score (nSPS) is 24.9. The lowest BCUT2D eigenvalue weighted by Gasteiger charge is -2.44. The second-order valence-corrected chi connectivity index (χ2v) is 12.6. The Morgan fingerprint density at radius 1 is 0.476 bits per heavy atom. The monoisotopic (exact) mass is 558 g/mol. The Hall–Kier alpha value is -3.92. The molecule has 2 heterocycles. The molecule has 2 fully saturated rings. The third-order valence-electron chi connectivity index (χ3n) is 10.3. The molecule has 3 aromatic rings. The van der Waals surface area contributed by atoms with Crippen LogP contribution in [-0.4, -0.2) is 11.9 Å². The second kappa shape index (κ2) is 11.1. The first-order valence-electron chi connectivity index (χ1n) is 15.7. The van der Waals surface area contributed by atoms with Gasteiger partial charge in [-0.15, -0.1) is 0 Å². The molecule has 214 valence electrons. The Morgan fingerprint density at radius 2 is 0.833 bits per heavy atom. The molecule has 4 heteroatoms. The predicted octanol–water partition coefficient (Wildman–Crippen LogP) is 8.95. The van der Waals surface area contributed by atoms with Gasteiger partial charge in [-0.25, -0.2) is 0 Å². The average Bonchev–Trinajstić information content (AvgIpc) is 3.05. The molecule has 2 unspecified atom stereocenters. The Morgan fingerprint density at radius 3 is 1.19 bits per heavy atom. The van der Waals surface area contributed by atoms with E-state index in [-0.39, 0.29) is 23.8 Å². The minimum absolute atomic E-state index is 0.0568. The van der Waals surface area contributed by atoms with Crippen LogP contribution in [0.1, 0.15) is 98.3 Å². The van der Waals surface area contributed by atoms with Gasteiger partial charge in [0.2, 0.25) is 0 Å². The van der Waals surface area contributed by atoms with Crippen molar-refractivity contribution in [3.05, 3.63) is 119 Å². The highest BCUT2D eigenvalue weighted by Gasteiger charge is 2.52. The Labute approximate surface area is 248 Å². The first-order chi connectivity index (χ1) is 20.6. The van der Waals surface area contributed by atoms with Crippen LogP contribution in [0, 0.1) is 10.8 Å². The molecule has 2 aliphatic heterocycles. The van der Waals surface area contributed by atoms with Gasteiger partial charge >= 0.3 is 11.9 Å². The molecule has 3 aromatic carbocycles. The third kappa shape index (κ3) is 4.62. The van der Waals surface area contributed by atoms with Crippen LogP contribution in [0.2, 0.25) is 0 Å². The average molecular weight is 559 g/mol. The molecule has 4 aliphatic rings. The lowest BCUT2D eigenvalue weighted by molar-refractivity contribution is -0.154. The Kier molecular flexibility index (Phi) is 7.09. The number of carbonyl (C=O) groups is 2. The number of rotatable bonds is 4. The molecule has 42 heavy (non-hydrogen) atoms. The van der Waals surface area contributed by atoms with Crippen molar-refractivity contribution in [2.45, 2.75) is 76.0 Å². The molecule has 0 radical (unpaired) electrons. The van der Waals surface area contributed by atoms with Crippen LogP contribution in [0.25, 0.3) is 11.5 Å². The highest BCUT2D eigenvalue weighted by molar-refractivity contribution is 5.89. The fourth-order valence-corrected chi connectivity index (χ4v) is 8.00. The maximum atomic E-state index is 13.7. The summed E-state index contributed by atoms with van der Waals surface area (Å²) < 4.78 is 12.1. The zero-order valence-electron chi connectivity index (χ0n) is 24.1. The van der Waals surface area contributed by atoms with Gasteiger partial charge < -0.3 is 9.47 Å². The molecule has 2 saturated carbocycles. The van der Waals surface area contributed by atoms with E-state index in [0.717, 1.165) is 86.5 Å². The number of hydrogen-bond acceptors (Lipinski definition) is 4. The quantitative estimate of drug-likeness (QED) is 0.300. The number of esters is 2. The summed E-state index contributed by atoms with van der Waals surface area (Å²) in [5, 5.41) is 0. The van der Waals surface area contributed by atoms with Gasteiger partial charge in [0, 0.05) is 23.0 Å². The maximum Gasteiger partial charge on any atom is 0.318 e. The maximum absolute atomic E-state index is 13.7. The van der Waals surface area contributed by atoms with Crippen molar-refractivity contribution in [3.8, 4) is 0 Å². The first-order valence-corrected chi connectivity index (χ1v) is 15.7. The summed E-state index contributed by atoms with van der Waals surface area (Å²) in [5.41, 5.74) is 3.06. The zero-order chi connectivity index (χ0) is 28.6. The third-order valence-corrected chi connectivity index (χ3v) is 10.3. The largest absolute Gasteiger partial charge is 0.426 e. The summed E-state index contributed by atoms with van der Waals surface area (Å²) >= 11 is 0. The number of benzene rings is 3. The molecule has 4 nitrogen and oxygen atoms in total. The predicted molar refractivity (Wildman–Crippen MR) is 164 cm³/mol. The fourth-order valence-electron chi connectivity index (χ4n) is 8.00. The molecular weight excluding hydrogens is 520 g/mol. The van der Waals surface area contributed by atoms with Gasteiger partial charge in [-0.2, -0.15) is 0 Å². The molecule has 7 rings (SSSR count). The van der Waals surface area contributed by atoms with Gasteiger partial charge in [0.15, 0.2) is 0 Å². The van der Waals surface area contributed by atoms with Gasteiger partial charge in [0.05, 0.1) is 10.8 Å². The number of ether oxygens (including phenoxy) is 2. The molecule has 0 N–H and O–H groups in total. The first kappa shape index (κ1) is 26.9. The van der Waals surface area contributed by atoms with Gasteiger partial charge in [0.25, 0.3) is 0 Å². The van der Waals surface area contributed by atoms with Gasteiger partial charge in [0.1, 0.15) is 11.5 Å². The van der Waals surface area contributed by atoms with E-state index < -0.39 is 10.8 Å². The molecule has 0 bridgehead atoms. The molecular formula is C38H38O4.